The highest BCUT2D eigenvalue weighted by Gasteiger charge is 2.27. The van der Waals surface area contributed by atoms with Crippen LogP contribution < -0.4 is 21.3 Å². The Morgan fingerprint density at radius 2 is 1.41 bits per heavy atom. The molecule has 5 heterocycles. The van der Waals surface area contributed by atoms with E-state index in [0.29, 0.717) is 84.7 Å². The minimum absolute atomic E-state index is 0.00129. The first-order chi connectivity index (χ1) is 36.8. The first-order valence-electron chi connectivity index (χ1n) is 26.6. The molecule has 8 rings (SSSR count). The molecule has 0 radical (unpaired) electrons. The average Bonchev–Trinajstić information content (AvgIpc) is 4.26. The van der Waals surface area contributed by atoms with Crippen LogP contribution in [0.2, 0.25) is 0 Å². The number of benzene rings is 3. The lowest BCUT2D eigenvalue weighted by Gasteiger charge is -2.34. The topological polar surface area (TPSA) is 192 Å². The summed E-state index contributed by atoms with van der Waals surface area (Å²) in [6, 6.07) is 22.1. The Morgan fingerprint density at radius 1 is 0.756 bits per heavy atom. The smallest absolute Gasteiger partial charge is 0.268 e. The minimum Gasteiger partial charge on any atom is -0.389 e. The number of carbonyl (C=O) groups is 4. The van der Waals surface area contributed by atoms with Crippen molar-refractivity contribution >= 4 is 80.2 Å². The number of amides is 4. The lowest BCUT2D eigenvalue weighted by atomic mass is 9.88. The van der Waals surface area contributed by atoms with Gasteiger partial charge in [-0.2, -0.15) is 5.10 Å². The molecular weight excluding hydrogens is 1040 g/mol. The number of piperazine rings is 1. The van der Waals surface area contributed by atoms with Gasteiger partial charge in [0.2, 0.25) is 11.9 Å². The largest absolute Gasteiger partial charge is 0.389 e. The monoisotopic (exact) mass is 1110 g/mol. The van der Waals surface area contributed by atoms with E-state index in [1.54, 1.807) is 55.9 Å². The van der Waals surface area contributed by atoms with Crippen molar-refractivity contribution in [2.24, 2.45) is 10.8 Å². The van der Waals surface area contributed by atoms with Gasteiger partial charge in [0.25, 0.3) is 17.7 Å². The number of carbonyl (C=O) groups excluding carboxylic acids is 4. The highest BCUT2D eigenvalue weighted by Crippen LogP contribution is 2.34. The van der Waals surface area contributed by atoms with Crippen molar-refractivity contribution in [2.75, 3.05) is 36.8 Å². The second-order valence-corrected chi connectivity index (χ2v) is 26.7. The molecule has 0 aliphatic carbocycles. The fraction of sp³-hybridized carbons (Fsp3) is 0.441. The molecule has 19 heteroatoms. The van der Waals surface area contributed by atoms with Crippen LogP contribution in [0.3, 0.4) is 0 Å². The van der Waals surface area contributed by atoms with Crippen molar-refractivity contribution in [3.8, 4) is 10.4 Å². The average molecular weight is 1110 g/mol. The standard InChI is InChI=1S/C59H75N11O5S3/c1-36-44(32-69-33-45(30-63-69)49-19-20-50(77-49)53(73)65-55-64-47-27-41(29-61-38(3)58(8,9)10)15-18-48(47)70(55)35-59(11,12)75)25-42(26-46(36)54(74)68-23-21-67(22-24-68)39(4)71)34-76-51-31-62-56(78-51)66-52(72)43-16-13-40(14-17-43)28-60-37(2)57(5,6)7/h13-20,25-27,30-31,33,37-38,60-61,75H,21-24,28-29,32,34-35H2,1-12H3,(H,62,66,72)(H,64,65,73)/t37?,38-/m0/s1. The molecule has 1 fully saturated rings. The van der Waals surface area contributed by atoms with E-state index >= 15 is 0 Å². The van der Waals surface area contributed by atoms with Gasteiger partial charge in [0, 0.05) is 91.8 Å². The molecule has 1 saturated heterocycles. The summed E-state index contributed by atoms with van der Waals surface area (Å²) in [7, 11) is 0. The Morgan fingerprint density at radius 3 is 2.06 bits per heavy atom. The fourth-order valence-corrected chi connectivity index (χ4v) is 11.5. The number of aliphatic hydroxyl groups is 1. The number of fused-ring (bicyclic) bond motifs is 1. The number of nitrogens with zero attached hydrogens (tertiary/aromatic N) is 7. The Labute approximate surface area is 470 Å². The fourth-order valence-electron chi connectivity index (χ4n) is 8.80. The van der Waals surface area contributed by atoms with Crippen molar-refractivity contribution in [1.29, 1.82) is 0 Å². The Hall–Kier alpha value is -6.22. The maximum Gasteiger partial charge on any atom is 0.268 e. The van der Waals surface area contributed by atoms with Crippen LogP contribution in [0.1, 0.15) is 134 Å². The van der Waals surface area contributed by atoms with E-state index in [1.807, 2.05) is 75.8 Å². The second-order valence-electron chi connectivity index (χ2n) is 23.3. The second kappa shape index (κ2) is 24.0. The molecular formula is C59H75N11O5S3. The van der Waals surface area contributed by atoms with Gasteiger partial charge in [-0.1, -0.05) is 77.1 Å². The molecule has 4 aromatic heterocycles. The van der Waals surface area contributed by atoms with Gasteiger partial charge in [0.1, 0.15) is 0 Å². The lowest BCUT2D eigenvalue weighted by Crippen LogP contribution is -2.50. The third-order valence-corrected chi connectivity index (χ3v) is 17.9. The Bertz CT molecular complexity index is 3270. The van der Waals surface area contributed by atoms with Crippen LogP contribution in [-0.2, 0) is 36.7 Å². The zero-order chi connectivity index (χ0) is 56.3. The summed E-state index contributed by atoms with van der Waals surface area (Å²) in [6.07, 6.45) is 5.48. The number of imidazole rings is 1. The molecule has 4 amide bonds. The van der Waals surface area contributed by atoms with E-state index in [4.69, 9.17) is 10.1 Å². The van der Waals surface area contributed by atoms with Crippen LogP contribution in [0.4, 0.5) is 11.1 Å². The Kier molecular flexibility index (Phi) is 17.8. The number of aromatic nitrogens is 5. The predicted molar refractivity (Wildman–Crippen MR) is 316 cm³/mol. The maximum atomic E-state index is 14.3. The molecule has 16 nitrogen and oxygen atoms in total. The van der Waals surface area contributed by atoms with Gasteiger partial charge >= 0.3 is 0 Å². The number of rotatable bonds is 19. The van der Waals surface area contributed by atoms with E-state index < -0.39 is 5.60 Å². The van der Waals surface area contributed by atoms with Gasteiger partial charge < -0.3 is 30.1 Å². The summed E-state index contributed by atoms with van der Waals surface area (Å²) in [6.45, 7) is 28.4. The van der Waals surface area contributed by atoms with Gasteiger partial charge in [0.15, 0.2) is 5.13 Å². The van der Waals surface area contributed by atoms with Crippen LogP contribution in [-0.4, -0.2) is 107 Å². The molecule has 1 aliphatic rings. The van der Waals surface area contributed by atoms with Crippen molar-refractivity contribution < 1.29 is 24.3 Å². The lowest BCUT2D eigenvalue weighted by molar-refractivity contribution is -0.130. The first-order valence-corrected chi connectivity index (χ1v) is 29.2. The van der Waals surface area contributed by atoms with Crippen molar-refractivity contribution in [3.63, 3.8) is 0 Å². The molecule has 1 unspecified atom stereocenters. The Balaban J connectivity index is 0.957. The van der Waals surface area contributed by atoms with Gasteiger partial charge in [-0.05, 0) is 116 Å². The van der Waals surface area contributed by atoms with Crippen LogP contribution in [0.25, 0.3) is 21.5 Å². The third kappa shape index (κ3) is 14.7. The summed E-state index contributed by atoms with van der Waals surface area (Å²) >= 11 is 4.32. The molecule has 1 aliphatic heterocycles. The highest BCUT2D eigenvalue weighted by molar-refractivity contribution is 8.00. The number of nitrogens with one attached hydrogen (secondary N) is 4. The van der Waals surface area contributed by atoms with Gasteiger partial charge in [-0.25, -0.2) is 9.97 Å². The number of anilines is 2. The molecule has 0 spiro atoms. The van der Waals surface area contributed by atoms with Crippen molar-refractivity contribution in [1.82, 2.24) is 44.7 Å². The molecule has 7 aromatic rings. The summed E-state index contributed by atoms with van der Waals surface area (Å²) in [5, 5.41) is 29.3. The number of thiophene rings is 1. The SMILES string of the molecule is CC(=O)N1CCN(C(=O)c2cc(CSc3cnc(NC(=O)c4ccc(CNC(C)C(C)(C)C)cc4)s3)cc(Cn3cc(-c4ccc(C(=O)Nc5nc6cc(CN[C@@H](C)C(C)(C)C)ccc6n5CC(C)(C)O)s4)cn3)c2C)CC1. The normalized spacial score (nSPS) is 14.2. The summed E-state index contributed by atoms with van der Waals surface area (Å²) in [5.74, 6) is 0.268. The van der Waals surface area contributed by atoms with Crippen molar-refractivity contribution in [3.05, 3.63) is 129 Å². The zero-order valence-corrected chi connectivity index (χ0v) is 49.5. The minimum atomic E-state index is -1.07. The summed E-state index contributed by atoms with van der Waals surface area (Å²) in [5.41, 5.74) is 7.59. The predicted octanol–water partition coefficient (Wildman–Crippen LogP) is 10.7. The third-order valence-electron chi connectivity index (χ3n) is 14.6. The maximum absolute atomic E-state index is 14.3. The number of thioether (sulfide) groups is 1. The van der Waals surface area contributed by atoms with E-state index in [2.05, 4.69) is 93.8 Å². The van der Waals surface area contributed by atoms with Crippen LogP contribution in [0.15, 0.2) is 89.5 Å². The summed E-state index contributed by atoms with van der Waals surface area (Å²) < 4.78 is 4.61. The van der Waals surface area contributed by atoms with Gasteiger partial charge in [-0.15, -0.1) is 23.1 Å². The zero-order valence-electron chi connectivity index (χ0n) is 47.0. The molecule has 3 aromatic carbocycles. The van der Waals surface area contributed by atoms with Gasteiger partial charge in [-0.3, -0.25) is 34.5 Å². The molecule has 78 heavy (non-hydrogen) atoms. The van der Waals surface area contributed by atoms with Gasteiger partial charge in [0.05, 0.1) is 51.2 Å². The molecule has 2 atom stereocenters. The van der Waals surface area contributed by atoms with Crippen LogP contribution in [0, 0.1) is 17.8 Å². The number of hydrogen-bond donors (Lipinski definition) is 5. The number of thiazole rings is 1. The highest BCUT2D eigenvalue weighted by atomic mass is 32.2. The van der Waals surface area contributed by atoms with Crippen molar-refractivity contribution in [2.45, 2.75) is 137 Å². The molecule has 0 bridgehead atoms. The first kappa shape index (κ1) is 57.9. The van der Waals surface area contributed by atoms with Crippen LogP contribution in [0.5, 0.6) is 0 Å². The summed E-state index contributed by atoms with van der Waals surface area (Å²) in [4.78, 5) is 68.0. The van der Waals surface area contributed by atoms with E-state index in [1.165, 1.54) is 22.7 Å². The quantitative estimate of drug-likeness (QED) is 0.0484. The number of hydrogen-bond acceptors (Lipinski definition) is 13. The molecule has 5 N–H and O–H groups in total. The van der Waals surface area contributed by atoms with E-state index in [-0.39, 0.29) is 47.0 Å². The molecule has 414 valence electrons. The van der Waals surface area contributed by atoms with E-state index in [0.717, 1.165) is 53.5 Å². The van der Waals surface area contributed by atoms with Crippen LogP contribution >= 0.6 is 34.4 Å². The van der Waals surface area contributed by atoms with E-state index in [9.17, 15) is 24.3 Å². The molecule has 0 saturated carbocycles.